The van der Waals surface area contributed by atoms with Gasteiger partial charge in [0.25, 0.3) is 10.0 Å². The molecule has 1 aliphatic carbocycles. The van der Waals surface area contributed by atoms with Crippen LogP contribution in [-0.2, 0) is 10.0 Å². The number of aromatic nitrogens is 1. The summed E-state index contributed by atoms with van der Waals surface area (Å²) in [6, 6.07) is 11.8. The minimum absolute atomic E-state index is 0.0879. The first-order valence-corrected chi connectivity index (χ1v) is 9.85. The van der Waals surface area contributed by atoms with E-state index in [0.717, 1.165) is 22.9 Å². The monoisotopic (exact) mass is 366 g/mol. The van der Waals surface area contributed by atoms with Gasteiger partial charge in [-0.15, -0.1) is 0 Å². The molecular weight excluding hydrogens is 348 g/mol. The van der Waals surface area contributed by atoms with Crippen LogP contribution in [0.5, 0.6) is 0 Å². The smallest absolute Gasteiger partial charge is 0.268 e. The average molecular weight is 366 g/mol. The number of fused-ring (bicyclic) bond motifs is 1. The molecule has 26 heavy (non-hydrogen) atoms. The lowest BCUT2D eigenvalue weighted by molar-refractivity contribution is 0.274. The van der Waals surface area contributed by atoms with Crippen LogP contribution >= 0.6 is 0 Å². The van der Waals surface area contributed by atoms with Crippen molar-refractivity contribution in [3.05, 3.63) is 71.2 Å². The molecule has 0 amide bonds. The topological polar surface area (TPSA) is 63.7 Å². The van der Waals surface area contributed by atoms with Crippen molar-refractivity contribution in [1.82, 2.24) is 3.97 Å². The number of hydrogen-bond donors (Lipinski definition) is 1. The summed E-state index contributed by atoms with van der Waals surface area (Å²) in [6.45, 7) is 9.23. The van der Waals surface area contributed by atoms with Gasteiger partial charge in [0, 0.05) is 12.8 Å². The highest BCUT2D eigenvalue weighted by Crippen LogP contribution is 2.50. The first-order valence-electron chi connectivity index (χ1n) is 8.41. The largest absolute Gasteiger partial charge is 0.396 e. The Morgan fingerprint density at radius 1 is 1.23 bits per heavy atom. The Morgan fingerprint density at radius 3 is 2.58 bits per heavy atom. The molecule has 1 saturated carbocycles. The van der Waals surface area contributed by atoms with Crippen LogP contribution in [0.4, 0.5) is 5.69 Å². The van der Waals surface area contributed by atoms with E-state index in [9.17, 15) is 13.5 Å². The van der Waals surface area contributed by atoms with E-state index in [0.29, 0.717) is 11.2 Å². The molecule has 0 aliphatic heterocycles. The molecule has 1 aromatic heterocycles. The summed E-state index contributed by atoms with van der Waals surface area (Å²) in [5.41, 5.74) is 2.93. The fourth-order valence-electron chi connectivity index (χ4n) is 3.43. The van der Waals surface area contributed by atoms with Crippen molar-refractivity contribution in [2.45, 2.75) is 24.2 Å². The third-order valence-corrected chi connectivity index (χ3v) is 6.74. The molecule has 3 aromatic rings. The van der Waals surface area contributed by atoms with E-state index in [1.165, 1.54) is 3.97 Å². The first-order chi connectivity index (χ1) is 12.5. The number of benzene rings is 2. The third kappa shape index (κ3) is 2.61. The molecule has 132 valence electrons. The fourth-order valence-corrected chi connectivity index (χ4v) is 4.81. The van der Waals surface area contributed by atoms with E-state index in [1.54, 1.807) is 48.7 Å². The second kappa shape index (κ2) is 5.97. The van der Waals surface area contributed by atoms with E-state index >= 15 is 0 Å². The molecule has 4 rings (SSSR count). The van der Waals surface area contributed by atoms with E-state index < -0.39 is 10.0 Å². The Hall–Kier alpha value is -2.62. The van der Waals surface area contributed by atoms with Crippen molar-refractivity contribution in [3.8, 4) is 0 Å². The highest BCUT2D eigenvalue weighted by atomic mass is 32.2. The zero-order valence-corrected chi connectivity index (χ0v) is 15.1. The van der Waals surface area contributed by atoms with Crippen LogP contribution in [0.2, 0.25) is 0 Å². The van der Waals surface area contributed by atoms with Crippen LogP contribution in [0, 0.1) is 19.4 Å². The van der Waals surface area contributed by atoms with Gasteiger partial charge in [-0.2, -0.15) is 0 Å². The zero-order valence-electron chi connectivity index (χ0n) is 14.3. The number of nitrogens with zero attached hydrogens (tertiary/aromatic N) is 2. The summed E-state index contributed by atoms with van der Waals surface area (Å²) in [4.78, 5) is 3.69. The zero-order chi connectivity index (χ0) is 18.5. The van der Waals surface area contributed by atoms with Gasteiger partial charge in [-0.1, -0.05) is 23.8 Å². The maximum atomic E-state index is 13.2. The highest BCUT2D eigenvalue weighted by molar-refractivity contribution is 7.90. The molecule has 1 heterocycles. The number of hydrogen-bond acceptors (Lipinski definition) is 3. The summed E-state index contributed by atoms with van der Waals surface area (Å²) in [6.07, 6.45) is 2.50. The van der Waals surface area contributed by atoms with Crippen LogP contribution in [0.15, 0.2) is 53.6 Å². The predicted molar refractivity (Wildman–Crippen MR) is 99.9 cm³/mol. The molecule has 2 atom stereocenters. The van der Waals surface area contributed by atoms with Crippen molar-refractivity contribution >= 4 is 26.6 Å². The Labute approximate surface area is 152 Å². The van der Waals surface area contributed by atoms with Gasteiger partial charge < -0.3 is 5.11 Å². The summed E-state index contributed by atoms with van der Waals surface area (Å²) in [5.74, 6) is 0.297. The standard InChI is InChI=1S/C20H18N2O3S/c1-13-3-6-16(7-4-13)26(24,25)22-11-19(17-9-14(17)12-23)18-10-15(21-2)5-8-20(18)22/h3-8,10-11,14,17,23H,9,12H2,1H3/t14-,17?/m1/s1. The fraction of sp³-hybridized carbons (Fsp3) is 0.250. The van der Waals surface area contributed by atoms with Crippen LogP contribution in [0.1, 0.15) is 23.5 Å². The van der Waals surface area contributed by atoms with Gasteiger partial charge in [-0.05, 0) is 60.4 Å². The van der Waals surface area contributed by atoms with Gasteiger partial charge in [0.1, 0.15) is 0 Å². The second-order valence-corrected chi connectivity index (χ2v) is 8.61. The normalized spacial score (nSPS) is 19.4. The molecule has 0 radical (unpaired) electrons. The highest BCUT2D eigenvalue weighted by Gasteiger charge is 2.40. The van der Waals surface area contributed by atoms with Crippen LogP contribution in [0.3, 0.4) is 0 Å². The molecule has 5 nitrogen and oxygen atoms in total. The van der Waals surface area contributed by atoms with Crippen molar-refractivity contribution in [2.24, 2.45) is 5.92 Å². The predicted octanol–water partition coefficient (Wildman–Crippen LogP) is 3.83. The van der Waals surface area contributed by atoms with Gasteiger partial charge in [0.2, 0.25) is 0 Å². The van der Waals surface area contributed by atoms with Gasteiger partial charge in [-0.3, -0.25) is 0 Å². The Kier molecular flexibility index (Phi) is 3.87. The minimum atomic E-state index is -3.73. The molecule has 0 spiro atoms. The van der Waals surface area contributed by atoms with E-state index in [2.05, 4.69) is 4.85 Å². The SMILES string of the molecule is [C-]#[N+]c1ccc2c(c1)c(C1C[C@@H]1CO)cn2S(=O)(=O)c1ccc(C)cc1. The van der Waals surface area contributed by atoms with Crippen LogP contribution in [0.25, 0.3) is 15.7 Å². The maximum Gasteiger partial charge on any atom is 0.268 e. The lowest BCUT2D eigenvalue weighted by Crippen LogP contribution is -2.11. The minimum Gasteiger partial charge on any atom is -0.396 e. The summed E-state index contributed by atoms with van der Waals surface area (Å²) in [7, 11) is -3.73. The molecule has 1 unspecified atom stereocenters. The second-order valence-electron chi connectivity index (χ2n) is 6.80. The molecule has 2 aromatic carbocycles. The maximum absolute atomic E-state index is 13.2. The van der Waals surface area contributed by atoms with Crippen molar-refractivity contribution in [1.29, 1.82) is 0 Å². The summed E-state index contributed by atoms with van der Waals surface area (Å²) in [5, 5.41) is 10.2. The van der Waals surface area contributed by atoms with E-state index in [1.807, 2.05) is 6.92 Å². The Morgan fingerprint density at radius 2 is 1.96 bits per heavy atom. The number of aliphatic hydroxyl groups is 1. The Balaban J connectivity index is 1.93. The number of aliphatic hydroxyl groups excluding tert-OH is 1. The van der Waals surface area contributed by atoms with E-state index in [4.69, 9.17) is 6.57 Å². The molecule has 0 saturated heterocycles. The van der Waals surface area contributed by atoms with Crippen molar-refractivity contribution < 1.29 is 13.5 Å². The van der Waals surface area contributed by atoms with Crippen LogP contribution in [-0.4, -0.2) is 24.1 Å². The number of aryl methyl sites for hydroxylation is 1. The van der Waals surface area contributed by atoms with Crippen molar-refractivity contribution in [3.63, 3.8) is 0 Å². The average Bonchev–Trinajstić information content (AvgIpc) is 3.33. The molecule has 1 N–H and O–H groups in total. The molecular formula is C20H18N2O3S. The van der Waals surface area contributed by atoms with E-state index in [-0.39, 0.29) is 23.3 Å². The lowest BCUT2D eigenvalue weighted by Gasteiger charge is -2.08. The first kappa shape index (κ1) is 16.8. The van der Waals surface area contributed by atoms with Gasteiger partial charge >= 0.3 is 0 Å². The van der Waals surface area contributed by atoms with Gasteiger partial charge in [0.05, 0.1) is 17.0 Å². The summed E-state index contributed by atoms with van der Waals surface area (Å²) < 4.78 is 27.7. The molecule has 6 heteroatoms. The third-order valence-electron chi connectivity index (χ3n) is 5.05. The van der Waals surface area contributed by atoms with Gasteiger partial charge in [-0.25, -0.2) is 17.2 Å². The quantitative estimate of drug-likeness (QED) is 0.714. The summed E-state index contributed by atoms with van der Waals surface area (Å²) >= 11 is 0. The molecule has 1 fully saturated rings. The molecule has 1 aliphatic rings. The van der Waals surface area contributed by atoms with Crippen molar-refractivity contribution in [2.75, 3.05) is 6.61 Å². The van der Waals surface area contributed by atoms with Gasteiger partial charge in [0.15, 0.2) is 5.69 Å². The number of rotatable bonds is 4. The molecule has 0 bridgehead atoms. The lowest BCUT2D eigenvalue weighted by atomic mass is 10.1. The van der Waals surface area contributed by atoms with Crippen LogP contribution < -0.4 is 0 Å². The Bertz CT molecular complexity index is 1140.